The molecule has 1 aromatic rings. The van der Waals surface area contributed by atoms with E-state index in [1.807, 2.05) is 0 Å². The molecule has 0 aromatic heterocycles. The molecule has 1 aromatic carbocycles. The van der Waals surface area contributed by atoms with Crippen LogP contribution in [0.3, 0.4) is 0 Å². The zero-order valence-electron chi connectivity index (χ0n) is 17.0. The van der Waals surface area contributed by atoms with E-state index in [4.69, 9.17) is 0 Å². The molecular weight excluding hydrogens is 290 g/mol. The van der Waals surface area contributed by atoms with Crippen molar-refractivity contribution in [3.63, 3.8) is 0 Å². The van der Waals surface area contributed by atoms with Crippen LogP contribution in [0.15, 0.2) is 30.3 Å². The first kappa shape index (κ1) is 20.8. The van der Waals surface area contributed by atoms with Gasteiger partial charge in [0.2, 0.25) is 0 Å². The van der Waals surface area contributed by atoms with Gasteiger partial charge in [0.1, 0.15) is 0 Å². The van der Waals surface area contributed by atoms with Gasteiger partial charge in [-0.05, 0) is 30.7 Å². The van der Waals surface area contributed by atoms with Gasteiger partial charge >= 0.3 is 0 Å². The van der Waals surface area contributed by atoms with Crippen molar-refractivity contribution >= 4 is 5.70 Å². The highest BCUT2D eigenvalue weighted by atomic mass is 15.1. The second-order valence-corrected chi connectivity index (χ2v) is 8.16. The maximum atomic E-state index is 2.64. The third-order valence-corrected chi connectivity index (χ3v) is 4.32. The lowest BCUT2D eigenvalue weighted by Gasteiger charge is -2.30. The first-order chi connectivity index (χ1) is 11.4. The van der Waals surface area contributed by atoms with Gasteiger partial charge in [0, 0.05) is 18.8 Å². The van der Waals surface area contributed by atoms with E-state index < -0.39 is 0 Å². The second kappa shape index (κ2) is 10.6. The van der Waals surface area contributed by atoms with E-state index in [2.05, 4.69) is 76.8 Å². The molecule has 0 unspecified atom stereocenters. The number of benzene rings is 1. The lowest BCUT2D eigenvalue weighted by atomic mass is 9.92. The quantitative estimate of drug-likeness (QED) is 0.415. The molecule has 1 nitrogen and oxygen atoms in total. The Balaban J connectivity index is 3.08. The summed E-state index contributed by atoms with van der Waals surface area (Å²) in [6, 6.07) is 9.06. The van der Waals surface area contributed by atoms with Gasteiger partial charge in [-0.25, -0.2) is 0 Å². The van der Waals surface area contributed by atoms with Crippen LogP contribution < -0.4 is 0 Å². The van der Waals surface area contributed by atoms with Crippen molar-refractivity contribution in [3.05, 3.63) is 41.5 Å². The van der Waals surface area contributed by atoms with Crippen LogP contribution in [0.2, 0.25) is 0 Å². The first-order valence-electron chi connectivity index (χ1n) is 9.92. The van der Waals surface area contributed by atoms with E-state index in [0.717, 1.165) is 0 Å². The van der Waals surface area contributed by atoms with Gasteiger partial charge in [-0.15, -0.1) is 0 Å². The third-order valence-electron chi connectivity index (χ3n) is 4.32. The van der Waals surface area contributed by atoms with Crippen molar-refractivity contribution in [2.45, 2.75) is 80.1 Å². The molecule has 0 spiro atoms. The molecule has 0 aliphatic carbocycles. The molecule has 0 saturated heterocycles. The van der Waals surface area contributed by atoms with Gasteiger partial charge in [-0.2, -0.15) is 0 Å². The van der Waals surface area contributed by atoms with Crippen LogP contribution in [-0.4, -0.2) is 18.0 Å². The Kier molecular flexibility index (Phi) is 9.18. The zero-order chi connectivity index (χ0) is 18.0. The summed E-state index contributed by atoms with van der Waals surface area (Å²) in [7, 11) is 0. The molecule has 0 fully saturated rings. The fraction of sp³-hybridized carbons (Fsp3) is 0.652. The summed E-state index contributed by atoms with van der Waals surface area (Å²) >= 11 is 0. The lowest BCUT2D eigenvalue weighted by molar-refractivity contribution is 0.367. The maximum absolute atomic E-state index is 2.64. The Morgan fingerprint density at radius 3 is 1.79 bits per heavy atom. The zero-order valence-corrected chi connectivity index (χ0v) is 17.0. The number of hydrogen-bond acceptors (Lipinski definition) is 1. The van der Waals surface area contributed by atoms with Crippen LogP contribution in [0.5, 0.6) is 0 Å². The molecule has 0 aliphatic rings. The highest BCUT2D eigenvalue weighted by molar-refractivity contribution is 5.65. The van der Waals surface area contributed by atoms with Gasteiger partial charge in [-0.1, -0.05) is 96.2 Å². The molecule has 0 radical (unpaired) electrons. The van der Waals surface area contributed by atoms with E-state index in [9.17, 15) is 0 Å². The first-order valence-corrected chi connectivity index (χ1v) is 9.92. The molecule has 0 atom stereocenters. The van der Waals surface area contributed by atoms with Gasteiger partial charge in [0.15, 0.2) is 0 Å². The smallest absolute Gasteiger partial charge is 0.0404 e. The van der Waals surface area contributed by atoms with Crippen LogP contribution in [0, 0.1) is 12.3 Å². The van der Waals surface area contributed by atoms with Crippen LogP contribution in [0.25, 0.3) is 5.70 Å². The Morgan fingerprint density at radius 2 is 1.38 bits per heavy atom. The average molecular weight is 330 g/mol. The molecule has 24 heavy (non-hydrogen) atoms. The number of unbranched alkanes of at least 4 members (excludes halogenated alkanes) is 4. The van der Waals surface area contributed by atoms with Crippen molar-refractivity contribution in [2.24, 2.45) is 5.41 Å². The molecule has 1 rings (SSSR count). The number of rotatable bonds is 10. The summed E-state index contributed by atoms with van der Waals surface area (Å²) in [5.74, 6) is 0. The minimum atomic E-state index is 0.188. The van der Waals surface area contributed by atoms with E-state index in [1.165, 1.54) is 68.4 Å². The molecule has 1 heteroatoms. The van der Waals surface area contributed by atoms with Crippen molar-refractivity contribution in [1.29, 1.82) is 0 Å². The second-order valence-electron chi connectivity index (χ2n) is 8.16. The highest BCUT2D eigenvalue weighted by Crippen LogP contribution is 2.28. The van der Waals surface area contributed by atoms with Crippen LogP contribution in [0.1, 0.15) is 84.3 Å². The average Bonchev–Trinajstić information content (AvgIpc) is 2.52. The summed E-state index contributed by atoms with van der Waals surface area (Å²) in [6.45, 7) is 16.0. The number of allylic oxidation sites excluding steroid dienone is 1. The Labute approximate surface area is 151 Å². The van der Waals surface area contributed by atoms with Gasteiger partial charge in [-0.3, -0.25) is 0 Å². The molecule has 0 saturated carbocycles. The molecule has 0 aliphatic heterocycles. The molecule has 0 heterocycles. The molecule has 0 N–H and O–H groups in total. The minimum Gasteiger partial charge on any atom is -0.371 e. The molecule has 0 amide bonds. The summed E-state index contributed by atoms with van der Waals surface area (Å²) in [5.41, 5.74) is 4.31. The fourth-order valence-electron chi connectivity index (χ4n) is 2.95. The summed E-state index contributed by atoms with van der Waals surface area (Å²) in [5, 5.41) is 0. The predicted octanol–water partition coefficient (Wildman–Crippen LogP) is 7.06. The number of nitrogens with zero attached hydrogens (tertiary/aromatic N) is 1. The van der Waals surface area contributed by atoms with Crippen LogP contribution in [-0.2, 0) is 0 Å². The Hall–Kier alpha value is -1.24. The maximum Gasteiger partial charge on any atom is 0.0404 e. The summed E-state index contributed by atoms with van der Waals surface area (Å²) in [6.07, 6.45) is 10.3. The van der Waals surface area contributed by atoms with Crippen LogP contribution in [0.4, 0.5) is 0 Å². The Morgan fingerprint density at radius 1 is 0.875 bits per heavy atom. The van der Waals surface area contributed by atoms with Crippen molar-refractivity contribution < 1.29 is 0 Å². The molecule has 0 bridgehead atoms. The third kappa shape index (κ3) is 8.04. The fourth-order valence-corrected chi connectivity index (χ4v) is 2.95. The number of hydrogen-bond donors (Lipinski definition) is 0. The van der Waals surface area contributed by atoms with Crippen molar-refractivity contribution in [2.75, 3.05) is 13.1 Å². The monoisotopic (exact) mass is 329 g/mol. The predicted molar refractivity (Wildman–Crippen MR) is 109 cm³/mol. The number of aryl methyl sites for hydroxylation is 1. The summed E-state index contributed by atoms with van der Waals surface area (Å²) < 4.78 is 0. The summed E-state index contributed by atoms with van der Waals surface area (Å²) in [4.78, 5) is 2.64. The van der Waals surface area contributed by atoms with Gasteiger partial charge in [0.25, 0.3) is 0 Å². The topological polar surface area (TPSA) is 3.24 Å². The van der Waals surface area contributed by atoms with E-state index in [-0.39, 0.29) is 5.41 Å². The molecule has 136 valence electrons. The SMILES string of the molecule is CCCCCN(CCCCC)C(=CC(C)(C)C)c1ccc(C)cc1. The van der Waals surface area contributed by atoms with Crippen molar-refractivity contribution in [1.82, 2.24) is 4.90 Å². The highest BCUT2D eigenvalue weighted by Gasteiger charge is 2.16. The largest absolute Gasteiger partial charge is 0.371 e. The van der Waals surface area contributed by atoms with Gasteiger partial charge in [0.05, 0.1) is 0 Å². The normalized spacial score (nSPS) is 12.5. The van der Waals surface area contributed by atoms with Gasteiger partial charge < -0.3 is 4.90 Å². The lowest BCUT2D eigenvalue weighted by Crippen LogP contribution is -2.26. The van der Waals surface area contributed by atoms with Crippen molar-refractivity contribution in [3.8, 4) is 0 Å². The minimum absolute atomic E-state index is 0.188. The van der Waals surface area contributed by atoms with E-state index >= 15 is 0 Å². The Bertz CT molecular complexity index is 466. The molecular formula is C23H39N. The van der Waals surface area contributed by atoms with E-state index in [1.54, 1.807) is 0 Å². The van der Waals surface area contributed by atoms with Crippen LogP contribution >= 0.6 is 0 Å². The van der Waals surface area contributed by atoms with E-state index in [0.29, 0.717) is 0 Å². The standard InChI is InChI=1S/C23H39N/c1-7-9-11-17-24(18-12-10-8-2)22(19-23(4,5)6)21-15-13-20(3)14-16-21/h13-16,19H,7-12,17-18H2,1-6H3.